The van der Waals surface area contributed by atoms with Gasteiger partial charge in [0.15, 0.2) is 0 Å². The van der Waals surface area contributed by atoms with Gasteiger partial charge < -0.3 is 19.7 Å². The molecule has 180 valence electrons. The monoisotopic (exact) mass is 467 g/mol. The highest BCUT2D eigenvalue weighted by Gasteiger charge is 2.28. The van der Waals surface area contributed by atoms with Crippen LogP contribution in [0.25, 0.3) is 11.4 Å². The van der Waals surface area contributed by atoms with E-state index in [2.05, 4.69) is 25.8 Å². The SMILES string of the molecule is Cc1nc(-c2nnn(C)c2CNc2noc(CC3CC3)n2)ccc1O[C@H]1CC[C@H](CC(=O)O)C1. The molecule has 2 aliphatic rings. The van der Waals surface area contributed by atoms with Crippen LogP contribution in [0.1, 0.15) is 55.8 Å². The van der Waals surface area contributed by atoms with Crippen LogP contribution in [0.3, 0.4) is 0 Å². The number of ether oxygens (including phenoxy) is 1. The van der Waals surface area contributed by atoms with Crippen molar-refractivity contribution >= 4 is 11.9 Å². The van der Waals surface area contributed by atoms with Crippen LogP contribution in [0.4, 0.5) is 5.95 Å². The lowest BCUT2D eigenvalue weighted by molar-refractivity contribution is -0.138. The van der Waals surface area contributed by atoms with Gasteiger partial charge >= 0.3 is 5.97 Å². The molecule has 3 aromatic heterocycles. The van der Waals surface area contributed by atoms with Gasteiger partial charge in [0.2, 0.25) is 5.89 Å². The highest BCUT2D eigenvalue weighted by molar-refractivity contribution is 5.67. The Balaban J connectivity index is 1.24. The second-order valence-corrected chi connectivity index (χ2v) is 9.32. The van der Waals surface area contributed by atoms with Gasteiger partial charge in [-0.1, -0.05) is 5.21 Å². The summed E-state index contributed by atoms with van der Waals surface area (Å²) in [5.41, 5.74) is 2.98. The van der Waals surface area contributed by atoms with Gasteiger partial charge in [0.05, 0.1) is 29.7 Å². The summed E-state index contributed by atoms with van der Waals surface area (Å²) < 4.78 is 13.2. The smallest absolute Gasteiger partial charge is 0.303 e. The molecule has 0 aliphatic heterocycles. The molecular weight excluding hydrogens is 438 g/mol. The Bertz CT molecular complexity index is 1170. The molecule has 3 heterocycles. The number of carboxylic acids is 1. The number of nitrogens with zero attached hydrogens (tertiary/aromatic N) is 6. The van der Waals surface area contributed by atoms with E-state index in [1.54, 1.807) is 4.68 Å². The van der Waals surface area contributed by atoms with Crippen LogP contribution in [-0.2, 0) is 24.8 Å². The number of hydrogen-bond acceptors (Lipinski definition) is 9. The van der Waals surface area contributed by atoms with Crippen LogP contribution in [0.15, 0.2) is 16.7 Å². The maximum absolute atomic E-state index is 11.0. The Morgan fingerprint density at radius 1 is 1.24 bits per heavy atom. The van der Waals surface area contributed by atoms with Crippen LogP contribution in [0, 0.1) is 18.8 Å². The highest BCUT2D eigenvalue weighted by Crippen LogP contribution is 2.33. The van der Waals surface area contributed by atoms with Crippen molar-refractivity contribution in [3.63, 3.8) is 0 Å². The van der Waals surface area contributed by atoms with E-state index >= 15 is 0 Å². The van der Waals surface area contributed by atoms with E-state index in [-0.39, 0.29) is 18.4 Å². The van der Waals surface area contributed by atoms with E-state index in [1.165, 1.54) is 12.8 Å². The predicted molar refractivity (Wildman–Crippen MR) is 121 cm³/mol. The Morgan fingerprint density at radius 2 is 2.06 bits per heavy atom. The lowest BCUT2D eigenvalue weighted by Gasteiger charge is -2.16. The van der Waals surface area contributed by atoms with Gasteiger partial charge in [-0.25, -0.2) is 9.67 Å². The molecule has 0 amide bonds. The van der Waals surface area contributed by atoms with Crippen molar-refractivity contribution in [2.45, 2.75) is 64.5 Å². The predicted octanol–water partition coefficient (Wildman–Crippen LogP) is 3.16. The average Bonchev–Trinajstić information content (AvgIpc) is 3.14. The first-order chi connectivity index (χ1) is 16.4. The zero-order valence-corrected chi connectivity index (χ0v) is 19.4. The van der Waals surface area contributed by atoms with E-state index in [4.69, 9.17) is 19.4 Å². The van der Waals surface area contributed by atoms with Gasteiger partial charge in [0, 0.05) is 19.9 Å². The maximum Gasteiger partial charge on any atom is 0.303 e. The number of hydrogen-bond donors (Lipinski definition) is 2. The fourth-order valence-electron chi connectivity index (χ4n) is 4.47. The first-order valence-electron chi connectivity index (χ1n) is 11.8. The maximum atomic E-state index is 11.0. The van der Waals surface area contributed by atoms with Crippen molar-refractivity contribution in [1.82, 2.24) is 30.1 Å². The number of nitrogens with one attached hydrogen (secondary N) is 1. The molecule has 11 heteroatoms. The number of aliphatic carboxylic acids is 1. The molecule has 0 saturated heterocycles. The number of carbonyl (C=O) groups is 1. The molecule has 2 saturated carbocycles. The van der Waals surface area contributed by atoms with Gasteiger partial charge in [0.25, 0.3) is 5.95 Å². The summed E-state index contributed by atoms with van der Waals surface area (Å²) in [6.07, 6.45) is 6.02. The van der Waals surface area contributed by atoms with Gasteiger partial charge in [-0.2, -0.15) is 4.98 Å². The molecule has 0 unspecified atom stereocenters. The molecule has 2 atom stereocenters. The summed E-state index contributed by atoms with van der Waals surface area (Å²) in [5.74, 6) is 1.94. The molecule has 2 fully saturated rings. The van der Waals surface area contributed by atoms with Crippen LogP contribution >= 0.6 is 0 Å². The fourth-order valence-corrected chi connectivity index (χ4v) is 4.47. The Labute approximate surface area is 196 Å². The Hall–Kier alpha value is -3.50. The van der Waals surface area contributed by atoms with Crippen molar-refractivity contribution < 1.29 is 19.2 Å². The molecule has 0 radical (unpaired) electrons. The number of aryl methyl sites for hydroxylation is 2. The summed E-state index contributed by atoms with van der Waals surface area (Å²) in [6, 6.07) is 3.78. The second kappa shape index (κ2) is 9.40. The summed E-state index contributed by atoms with van der Waals surface area (Å²) in [4.78, 5) is 20.1. The Kier molecular flexibility index (Phi) is 6.16. The van der Waals surface area contributed by atoms with E-state index in [0.29, 0.717) is 41.4 Å². The molecular formula is C23H29N7O4. The second-order valence-electron chi connectivity index (χ2n) is 9.32. The van der Waals surface area contributed by atoms with E-state index in [9.17, 15) is 4.79 Å². The summed E-state index contributed by atoms with van der Waals surface area (Å²) in [5, 5.41) is 24.7. The van der Waals surface area contributed by atoms with E-state index in [0.717, 1.165) is 37.1 Å². The molecule has 5 rings (SSSR count). The van der Waals surface area contributed by atoms with Crippen LogP contribution in [-0.4, -0.2) is 47.3 Å². The lowest BCUT2D eigenvalue weighted by atomic mass is 10.0. The largest absolute Gasteiger partial charge is 0.489 e. The van der Waals surface area contributed by atoms with Crippen LogP contribution < -0.4 is 10.1 Å². The number of anilines is 1. The van der Waals surface area contributed by atoms with E-state index < -0.39 is 5.97 Å². The topological polar surface area (TPSA) is 141 Å². The normalized spacial score (nSPS) is 19.9. The van der Waals surface area contributed by atoms with Crippen molar-refractivity contribution in [2.75, 3.05) is 5.32 Å². The molecule has 3 aromatic rings. The van der Waals surface area contributed by atoms with Crippen molar-refractivity contribution in [3.8, 4) is 17.1 Å². The average molecular weight is 468 g/mol. The lowest BCUT2D eigenvalue weighted by Crippen LogP contribution is -2.14. The molecule has 2 N–H and O–H groups in total. The third-order valence-corrected chi connectivity index (χ3v) is 6.52. The molecule has 34 heavy (non-hydrogen) atoms. The zero-order valence-electron chi connectivity index (χ0n) is 19.4. The van der Waals surface area contributed by atoms with Crippen molar-refractivity contribution in [2.24, 2.45) is 18.9 Å². The number of carboxylic acid groups (broad SMARTS) is 1. The van der Waals surface area contributed by atoms with Crippen LogP contribution in [0.5, 0.6) is 5.75 Å². The highest BCUT2D eigenvalue weighted by atomic mass is 16.5. The molecule has 11 nitrogen and oxygen atoms in total. The minimum Gasteiger partial charge on any atom is -0.489 e. The van der Waals surface area contributed by atoms with Gasteiger partial charge in [-0.15, -0.1) is 5.10 Å². The standard InChI is InChI=1S/C23H29N7O4/c1-13-19(33-16-6-5-15(9-16)11-21(31)32)8-7-17(25-13)22-18(30(2)29-27-22)12-24-23-26-20(34-28-23)10-14-3-4-14/h7-8,14-16H,3-6,9-12H2,1-2H3,(H,24,28)(H,31,32)/t15-,16-/m0/s1. The van der Waals surface area contributed by atoms with Crippen molar-refractivity contribution in [3.05, 3.63) is 29.4 Å². The fraction of sp³-hybridized carbons (Fsp3) is 0.565. The zero-order chi connectivity index (χ0) is 23.7. The van der Waals surface area contributed by atoms with Crippen molar-refractivity contribution in [1.29, 1.82) is 0 Å². The number of pyridine rings is 1. The summed E-state index contributed by atoms with van der Waals surface area (Å²) in [7, 11) is 1.83. The molecule has 0 bridgehead atoms. The van der Waals surface area contributed by atoms with Gasteiger partial charge in [-0.05, 0) is 68.2 Å². The number of aromatic nitrogens is 6. The number of rotatable bonds is 10. The third kappa shape index (κ3) is 5.18. The summed E-state index contributed by atoms with van der Waals surface area (Å²) in [6.45, 7) is 2.32. The third-order valence-electron chi connectivity index (χ3n) is 6.52. The van der Waals surface area contributed by atoms with E-state index in [1.807, 2.05) is 26.1 Å². The quantitative estimate of drug-likeness (QED) is 0.457. The van der Waals surface area contributed by atoms with Gasteiger partial charge in [0.1, 0.15) is 11.4 Å². The Morgan fingerprint density at radius 3 is 2.82 bits per heavy atom. The van der Waals surface area contributed by atoms with Crippen LogP contribution in [0.2, 0.25) is 0 Å². The van der Waals surface area contributed by atoms with Gasteiger partial charge in [-0.3, -0.25) is 4.79 Å². The minimum atomic E-state index is -0.750. The summed E-state index contributed by atoms with van der Waals surface area (Å²) >= 11 is 0. The first-order valence-corrected chi connectivity index (χ1v) is 11.8. The molecule has 0 aromatic carbocycles. The molecule has 2 aliphatic carbocycles. The molecule has 0 spiro atoms. The first kappa shape index (κ1) is 22.3. The minimum absolute atomic E-state index is 0.0201.